The van der Waals surface area contributed by atoms with Crippen molar-refractivity contribution in [2.45, 2.75) is 56.4 Å². The van der Waals surface area contributed by atoms with Gasteiger partial charge < -0.3 is 4.74 Å². The van der Waals surface area contributed by atoms with Gasteiger partial charge in [0.1, 0.15) is 5.75 Å². The Balaban J connectivity index is 1.61. The lowest BCUT2D eigenvalue weighted by molar-refractivity contribution is 0.122. The number of fused-ring (bicyclic) bond motifs is 1. The van der Waals surface area contributed by atoms with Gasteiger partial charge in [-0.25, -0.2) is 0 Å². The van der Waals surface area contributed by atoms with E-state index in [0.29, 0.717) is 11.5 Å². The van der Waals surface area contributed by atoms with Crippen molar-refractivity contribution in [3.05, 3.63) is 41.0 Å². The van der Waals surface area contributed by atoms with Gasteiger partial charge in [-0.05, 0) is 86.2 Å². The predicted octanol–water partition coefficient (Wildman–Crippen LogP) is 4.08. The summed E-state index contributed by atoms with van der Waals surface area (Å²) in [7, 11) is 1.79. The van der Waals surface area contributed by atoms with Gasteiger partial charge in [0.2, 0.25) is 0 Å². The Morgan fingerprint density at radius 1 is 1.26 bits per heavy atom. The first kappa shape index (κ1) is 14.1. The lowest BCUT2D eigenvalue weighted by Gasteiger charge is -2.55. The number of hydrogen-bond donors (Lipinski definition) is 0. The van der Waals surface area contributed by atoms with Gasteiger partial charge in [0.05, 0.1) is 7.11 Å². The van der Waals surface area contributed by atoms with Crippen LogP contribution in [0, 0.1) is 5.92 Å². The molecule has 2 fully saturated rings. The van der Waals surface area contributed by atoms with Crippen LogP contribution >= 0.6 is 0 Å². The lowest BCUT2D eigenvalue weighted by Crippen LogP contribution is -2.56. The molecule has 1 saturated carbocycles. The predicted molar refractivity (Wildman–Crippen MR) is 93.0 cm³/mol. The second kappa shape index (κ2) is 5.11. The van der Waals surface area contributed by atoms with E-state index in [-0.39, 0.29) is 0 Å². The van der Waals surface area contributed by atoms with E-state index in [1.54, 1.807) is 23.8 Å². The summed E-state index contributed by atoms with van der Waals surface area (Å²) in [5.41, 5.74) is 5.25. The monoisotopic (exact) mass is 309 g/mol. The number of piperidine rings is 1. The first-order valence-corrected chi connectivity index (χ1v) is 9.42. The Morgan fingerprint density at radius 2 is 2.17 bits per heavy atom. The molecule has 0 spiro atoms. The molecule has 1 saturated heterocycles. The molecule has 3 aliphatic carbocycles. The van der Waals surface area contributed by atoms with Crippen LogP contribution in [0.15, 0.2) is 29.8 Å². The highest BCUT2D eigenvalue weighted by molar-refractivity contribution is 5.53. The van der Waals surface area contributed by atoms with E-state index >= 15 is 0 Å². The molecule has 1 unspecified atom stereocenters. The number of allylic oxidation sites excluding steroid dienone is 1. The average molecular weight is 309 g/mol. The molecule has 0 aromatic heterocycles. The van der Waals surface area contributed by atoms with Gasteiger partial charge in [0.25, 0.3) is 0 Å². The molecule has 1 aromatic rings. The second-order valence-electron chi connectivity index (χ2n) is 8.07. The number of rotatable bonds is 3. The summed E-state index contributed by atoms with van der Waals surface area (Å²) in [4.78, 5) is 2.82. The van der Waals surface area contributed by atoms with Crippen LogP contribution in [-0.4, -0.2) is 31.1 Å². The van der Waals surface area contributed by atoms with Crippen LogP contribution in [0.3, 0.4) is 0 Å². The molecular weight excluding hydrogens is 282 g/mol. The van der Waals surface area contributed by atoms with E-state index in [9.17, 15) is 0 Å². The molecule has 122 valence electrons. The van der Waals surface area contributed by atoms with Crippen molar-refractivity contribution in [1.29, 1.82) is 0 Å². The van der Waals surface area contributed by atoms with Gasteiger partial charge in [-0.15, -0.1) is 0 Å². The third-order valence-electron chi connectivity index (χ3n) is 6.79. The van der Waals surface area contributed by atoms with Crippen LogP contribution < -0.4 is 4.74 Å². The van der Waals surface area contributed by atoms with Gasteiger partial charge in [-0.3, -0.25) is 4.90 Å². The number of ether oxygens (including phenoxy) is 1. The zero-order valence-electron chi connectivity index (χ0n) is 14.2. The smallest absolute Gasteiger partial charge is 0.119 e. The quantitative estimate of drug-likeness (QED) is 0.780. The fourth-order valence-corrected chi connectivity index (χ4v) is 5.44. The van der Waals surface area contributed by atoms with Crippen molar-refractivity contribution in [3.8, 4) is 5.75 Å². The molecule has 2 atom stereocenters. The highest BCUT2D eigenvalue weighted by Crippen LogP contribution is 2.54. The normalized spacial score (nSPS) is 32.7. The standard InChI is InChI=1S/C21H27NO/c1-23-17-8-7-16-12-20-18-4-2-3-9-21(18,19(16)13-17)10-11-22(20)14-15-5-6-15/h4,7-8,13,15,20H,2-3,5-6,9-12,14H2,1H3/t20-,21?/m1/s1. The third-order valence-corrected chi connectivity index (χ3v) is 6.79. The maximum Gasteiger partial charge on any atom is 0.119 e. The average Bonchev–Trinajstić information content (AvgIpc) is 3.41. The van der Waals surface area contributed by atoms with Crippen molar-refractivity contribution in [2.24, 2.45) is 5.92 Å². The lowest BCUT2D eigenvalue weighted by atomic mass is 9.57. The first-order chi connectivity index (χ1) is 11.3. The van der Waals surface area contributed by atoms with E-state index in [1.807, 2.05) is 0 Å². The van der Waals surface area contributed by atoms with Crippen LogP contribution in [0.1, 0.15) is 49.7 Å². The molecule has 2 nitrogen and oxygen atoms in total. The number of likely N-dealkylation sites (tertiary alicyclic amines) is 1. The number of methoxy groups -OCH3 is 1. The van der Waals surface area contributed by atoms with Crippen LogP contribution in [0.25, 0.3) is 0 Å². The Hall–Kier alpha value is -1.28. The van der Waals surface area contributed by atoms with Gasteiger partial charge in [-0.2, -0.15) is 0 Å². The van der Waals surface area contributed by atoms with E-state index in [2.05, 4.69) is 29.2 Å². The Kier molecular flexibility index (Phi) is 3.13. The van der Waals surface area contributed by atoms with Crippen LogP contribution in [0.4, 0.5) is 0 Å². The Morgan fingerprint density at radius 3 is 3.00 bits per heavy atom. The first-order valence-electron chi connectivity index (χ1n) is 9.42. The summed E-state index contributed by atoms with van der Waals surface area (Å²) in [6.45, 7) is 2.62. The molecule has 5 rings (SSSR count). The Labute approximate surface area is 139 Å². The van der Waals surface area contributed by atoms with Crippen LogP contribution in [0.5, 0.6) is 5.75 Å². The third kappa shape index (κ3) is 2.11. The molecular formula is C21H27NO. The molecule has 0 amide bonds. The molecule has 0 radical (unpaired) electrons. The summed E-state index contributed by atoms with van der Waals surface area (Å²) in [6, 6.07) is 7.52. The highest BCUT2D eigenvalue weighted by Gasteiger charge is 2.50. The summed E-state index contributed by atoms with van der Waals surface area (Å²) >= 11 is 0. The Bertz CT molecular complexity index is 660. The van der Waals surface area contributed by atoms with Gasteiger partial charge >= 0.3 is 0 Å². The van der Waals surface area contributed by atoms with Gasteiger partial charge in [-0.1, -0.05) is 12.1 Å². The van der Waals surface area contributed by atoms with Gasteiger partial charge in [0, 0.05) is 18.0 Å². The van der Waals surface area contributed by atoms with Gasteiger partial charge in [0.15, 0.2) is 0 Å². The van der Waals surface area contributed by atoms with E-state index in [4.69, 9.17) is 4.74 Å². The topological polar surface area (TPSA) is 12.5 Å². The molecule has 2 bridgehead atoms. The maximum atomic E-state index is 5.55. The minimum atomic E-state index is 0.324. The zero-order chi connectivity index (χ0) is 15.4. The SMILES string of the molecule is COc1ccc2c(c1)C13CCCC=C1[C@@H](C2)N(CC1CC1)CC3. The molecule has 4 aliphatic rings. The molecule has 0 N–H and O–H groups in total. The van der Waals surface area contributed by atoms with Crippen LogP contribution in [0.2, 0.25) is 0 Å². The number of hydrogen-bond acceptors (Lipinski definition) is 2. The molecule has 2 heteroatoms. The molecule has 1 heterocycles. The molecule has 1 aromatic carbocycles. The van der Waals surface area contributed by atoms with Crippen LogP contribution in [-0.2, 0) is 11.8 Å². The zero-order valence-corrected chi connectivity index (χ0v) is 14.2. The summed E-state index contributed by atoms with van der Waals surface area (Å²) in [6.07, 6.45) is 12.0. The summed E-state index contributed by atoms with van der Waals surface area (Å²) in [5, 5.41) is 0. The van der Waals surface area contributed by atoms with Crippen molar-refractivity contribution >= 4 is 0 Å². The van der Waals surface area contributed by atoms with E-state index < -0.39 is 0 Å². The maximum absolute atomic E-state index is 5.55. The highest BCUT2D eigenvalue weighted by atomic mass is 16.5. The largest absolute Gasteiger partial charge is 0.497 e. The summed E-state index contributed by atoms with van der Waals surface area (Å²) < 4.78 is 5.55. The minimum absolute atomic E-state index is 0.324. The van der Waals surface area contributed by atoms with Crippen molar-refractivity contribution < 1.29 is 4.74 Å². The van der Waals surface area contributed by atoms with E-state index in [1.165, 1.54) is 58.0 Å². The second-order valence-corrected chi connectivity index (χ2v) is 8.07. The number of benzene rings is 1. The van der Waals surface area contributed by atoms with Crippen molar-refractivity contribution in [3.63, 3.8) is 0 Å². The number of nitrogens with zero attached hydrogens (tertiary/aromatic N) is 1. The van der Waals surface area contributed by atoms with Crippen molar-refractivity contribution in [1.82, 2.24) is 4.90 Å². The fourth-order valence-electron chi connectivity index (χ4n) is 5.44. The van der Waals surface area contributed by atoms with E-state index in [0.717, 1.165) is 11.7 Å². The molecule has 23 heavy (non-hydrogen) atoms. The van der Waals surface area contributed by atoms with Crippen molar-refractivity contribution in [2.75, 3.05) is 20.2 Å². The molecule has 1 aliphatic heterocycles. The minimum Gasteiger partial charge on any atom is -0.497 e. The fraction of sp³-hybridized carbons (Fsp3) is 0.619. The summed E-state index contributed by atoms with van der Waals surface area (Å²) in [5.74, 6) is 2.02.